The zero-order chi connectivity index (χ0) is 7.52. The first-order valence-electron chi connectivity index (χ1n) is 3.63. The number of furan rings is 1. The normalized spacial score (nSPS) is 16.2. The summed E-state index contributed by atoms with van der Waals surface area (Å²) >= 11 is 0. The van der Waals surface area contributed by atoms with E-state index in [1.807, 2.05) is 12.1 Å². The van der Waals surface area contributed by atoms with E-state index in [-0.39, 0.29) is 0 Å². The summed E-state index contributed by atoms with van der Waals surface area (Å²) in [4.78, 5) is 4.14. The molecule has 11 heavy (non-hydrogen) atoms. The summed E-state index contributed by atoms with van der Waals surface area (Å²) in [5, 5.41) is 0. The van der Waals surface area contributed by atoms with E-state index < -0.39 is 0 Å². The molecule has 1 aromatic rings. The third kappa shape index (κ3) is 1.42. The molecule has 1 aromatic heterocycles. The van der Waals surface area contributed by atoms with Crippen LogP contribution >= 0.6 is 0 Å². The third-order valence-corrected chi connectivity index (χ3v) is 1.55. The van der Waals surface area contributed by atoms with Gasteiger partial charge in [0.2, 0.25) is 0 Å². The molecule has 0 N–H and O–H groups in total. The fourth-order valence-corrected chi connectivity index (χ4v) is 1.05. The van der Waals surface area contributed by atoms with Crippen LogP contribution < -0.4 is 0 Å². The lowest BCUT2D eigenvalue weighted by Gasteiger charge is -1.96. The maximum absolute atomic E-state index is 5.22. The quantitative estimate of drug-likeness (QED) is 0.637. The van der Waals surface area contributed by atoms with Crippen LogP contribution in [-0.4, -0.2) is 19.0 Å². The van der Waals surface area contributed by atoms with Crippen molar-refractivity contribution < 1.29 is 9.15 Å². The van der Waals surface area contributed by atoms with Gasteiger partial charge in [0, 0.05) is 0 Å². The van der Waals surface area contributed by atoms with E-state index in [1.165, 1.54) is 0 Å². The average Bonchev–Trinajstić information content (AvgIpc) is 2.60. The molecule has 0 spiro atoms. The Bertz CT molecular complexity index is 251. The molecule has 0 atom stereocenters. The first-order chi connectivity index (χ1) is 5.45. The number of hydrogen-bond donors (Lipinski definition) is 0. The van der Waals surface area contributed by atoms with E-state index in [0.717, 1.165) is 24.8 Å². The molecule has 58 valence electrons. The zero-order valence-corrected chi connectivity index (χ0v) is 6.12. The van der Waals surface area contributed by atoms with Crippen LogP contribution in [0.5, 0.6) is 0 Å². The molecule has 1 aliphatic heterocycles. The predicted octanol–water partition coefficient (Wildman–Crippen LogP) is 1.25. The summed E-state index contributed by atoms with van der Waals surface area (Å²) in [5.74, 6) is 1.70. The Morgan fingerprint density at radius 2 is 2.55 bits per heavy atom. The van der Waals surface area contributed by atoms with Gasteiger partial charge < -0.3 is 9.15 Å². The van der Waals surface area contributed by atoms with E-state index in [9.17, 15) is 0 Å². The summed E-state index contributed by atoms with van der Waals surface area (Å²) in [7, 11) is 0. The van der Waals surface area contributed by atoms with Gasteiger partial charge in [-0.3, -0.25) is 4.99 Å². The smallest absolute Gasteiger partial charge is 0.191 e. The van der Waals surface area contributed by atoms with Crippen LogP contribution in [0.4, 0.5) is 0 Å². The summed E-state index contributed by atoms with van der Waals surface area (Å²) in [6, 6.07) is 3.79. The van der Waals surface area contributed by atoms with E-state index in [4.69, 9.17) is 9.15 Å². The topological polar surface area (TPSA) is 34.7 Å². The standard InChI is InChI=1S/C8H9NO2/c1-2-7(10-4-1)6-8-9-3-5-11-8/h1-2,4H,3,5-6H2. The Kier molecular flexibility index (Phi) is 1.63. The maximum Gasteiger partial charge on any atom is 0.191 e. The van der Waals surface area contributed by atoms with Crippen LogP contribution in [0.15, 0.2) is 27.8 Å². The van der Waals surface area contributed by atoms with Crippen molar-refractivity contribution in [1.29, 1.82) is 0 Å². The molecule has 2 rings (SSSR count). The van der Waals surface area contributed by atoms with Gasteiger partial charge in [-0.15, -0.1) is 0 Å². The van der Waals surface area contributed by atoms with Gasteiger partial charge in [0.15, 0.2) is 5.90 Å². The van der Waals surface area contributed by atoms with Crippen molar-refractivity contribution in [2.45, 2.75) is 6.42 Å². The van der Waals surface area contributed by atoms with Gasteiger partial charge in [0.25, 0.3) is 0 Å². The number of aliphatic imine (C=N–C) groups is 1. The van der Waals surface area contributed by atoms with E-state index >= 15 is 0 Å². The van der Waals surface area contributed by atoms with Crippen LogP contribution in [0.3, 0.4) is 0 Å². The van der Waals surface area contributed by atoms with Crippen LogP contribution in [0.25, 0.3) is 0 Å². The van der Waals surface area contributed by atoms with Gasteiger partial charge in [-0.25, -0.2) is 0 Å². The number of ether oxygens (including phenoxy) is 1. The van der Waals surface area contributed by atoms with Gasteiger partial charge in [0.05, 0.1) is 19.2 Å². The summed E-state index contributed by atoms with van der Waals surface area (Å²) < 4.78 is 10.4. The molecule has 0 saturated heterocycles. The minimum absolute atomic E-state index is 0.688. The molecule has 0 bridgehead atoms. The molecular weight excluding hydrogens is 142 g/mol. The van der Waals surface area contributed by atoms with Gasteiger partial charge in [-0.1, -0.05) is 0 Å². The number of nitrogens with zero attached hydrogens (tertiary/aromatic N) is 1. The van der Waals surface area contributed by atoms with Crippen molar-refractivity contribution in [1.82, 2.24) is 0 Å². The van der Waals surface area contributed by atoms with Crippen LogP contribution in [0.1, 0.15) is 5.76 Å². The van der Waals surface area contributed by atoms with Crippen LogP contribution in [0, 0.1) is 0 Å². The second-order valence-electron chi connectivity index (χ2n) is 2.38. The lowest BCUT2D eigenvalue weighted by Crippen LogP contribution is -2.01. The lowest BCUT2D eigenvalue weighted by molar-refractivity contribution is 0.337. The van der Waals surface area contributed by atoms with E-state index in [2.05, 4.69) is 4.99 Å². The van der Waals surface area contributed by atoms with Crippen molar-refractivity contribution in [3.63, 3.8) is 0 Å². The largest absolute Gasteiger partial charge is 0.479 e. The van der Waals surface area contributed by atoms with Crippen molar-refractivity contribution in [3.05, 3.63) is 24.2 Å². The zero-order valence-electron chi connectivity index (χ0n) is 6.12. The molecule has 2 heterocycles. The minimum Gasteiger partial charge on any atom is -0.479 e. The molecule has 0 saturated carbocycles. The van der Waals surface area contributed by atoms with Crippen LogP contribution in [0.2, 0.25) is 0 Å². The monoisotopic (exact) mass is 151 g/mol. The summed E-state index contributed by atoms with van der Waals surface area (Å²) in [5.41, 5.74) is 0. The van der Waals surface area contributed by atoms with Crippen molar-refractivity contribution >= 4 is 5.90 Å². The fourth-order valence-electron chi connectivity index (χ4n) is 1.05. The van der Waals surface area contributed by atoms with Crippen LogP contribution in [-0.2, 0) is 11.2 Å². The van der Waals surface area contributed by atoms with E-state index in [1.54, 1.807) is 6.26 Å². The van der Waals surface area contributed by atoms with E-state index in [0.29, 0.717) is 6.42 Å². The molecule has 0 radical (unpaired) electrons. The Morgan fingerprint density at radius 1 is 1.55 bits per heavy atom. The Labute approximate surface area is 64.7 Å². The fraction of sp³-hybridized carbons (Fsp3) is 0.375. The molecular formula is C8H9NO2. The SMILES string of the molecule is c1coc(CC2=NCCO2)c1. The van der Waals surface area contributed by atoms with Gasteiger partial charge >= 0.3 is 0 Å². The summed E-state index contributed by atoms with van der Waals surface area (Å²) in [6.07, 6.45) is 2.35. The summed E-state index contributed by atoms with van der Waals surface area (Å²) in [6.45, 7) is 1.51. The molecule has 1 aliphatic rings. The molecule has 3 heteroatoms. The first kappa shape index (κ1) is 6.46. The second kappa shape index (κ2) is 2.78. The predicted molar refractivity (Wildman–Crippen MR) is 40.7 cm³/mol. The number of rotatable bonds is 2. The highest BCUT2D eigenvalue weighted by molar-refractivity contribution is 5.79. The van der Waals surface area contributed by atoms with Gasteiger partial charge in [-0.2, -0.15) is 0 Å². The molecule has 3 nitrogen and oxygen atoms in total. The average molecular weight is 151 g/mol. The van der Waals surface area contributed by atoms with Crippen molar-refractivity contribution in [2.24, 2.45) is 4.99 Å². The molecule has 0 aromatic carbocycles. The highest BCUT2D eigenvalue weighted by Crippen LogP contribution is 2.05. The Morgan fingerprint density at radius 3 is 3.18 bits per heavy atom. The molecule has 0 amide bonds. The minimum atomic E-state index is 0.688. The van der Waals surface area contributed by atoms with Crippen molar-refractivity contribution in [3.8, 4) is 0 Å². The number of hydrogen-bond acceptors (Lipinski definition) is 3. The molecule has 0 aliphatic carbocycles. The molecule has 0 fully saturated rings. The highest BCUT2D eigenvalue weighted by atomic mass is 16.5. The second-order valence-corrected chi connectivity index (χ2v) is 2.38. The third-order valence-electron chi connectivity index (χ3n) is 1.55. The highest BCUT2D eigenvalue weighted by Gasteiger charge is 2.08. The van der Waals surface area contributed by atoms with Crippen molar-refractivity contribution in [2.75, 3.05) is 13.2 Å². The van der Waals surface area contributed by atoms with Gasteiger partial charge in [-0.05, 0) is 12.1 Å². The first-order valence-corrected chi connectivity index (χ1v) is 3.63. The lowest BCUT2D eigenvalue weighted by atomic mass is 10.3. The van der Waals surface area contributed by atoms with Gasteiger partial charge in [0.1, 0.15) is 12.4 Å². The Balaban J connectivity index is 2.00. The Hall–Kier alpha value is -1.25. The molecule has 0 unspecified atom stereocenters. The maximum atomic E-state index is 5.22.